The van der Waals surface area contributed by atoms with E-state index in [2.05, 4.69) is 15.5 Å². The van der Waals surface area contributed by atoms with Gasteiger partial charge in [0, 0.05) is 17.6 Å². The largest absolute Gasteiger partial charge is 0.496 e. The van der Waals surface area contributed by atoms with Crippen molar-refractivity contribution in [2.24, 2.45) is 7.05 Å². The molecule has 1 amide bonds. The average molecular weight is 358 g/mol. The molecular formula is C17H15FN4O2S. The Morgan fingerprint density at radius 2 is 2.00 bits per heavy atom. The van der Waals surface area contributed by atoms with Crippen LogP contribution in [0.25, 0.3) is 0 Å². The van der Waals surface area contributed by atoms with E-state index in [4.69, 9.17) is 4.74 Å². The van der Waals surface area contributed by atoms with Gasteiger partial charge in [-0.2, -0.15) is 0 Å². The number of amides is 1. The van der Waals surface area contributed by atoms with E-state index in [0.717, 1.165) is 16.1 Å². The van der Waals surface area contributed by atoms with E-state index in [-0.39, 0.29) is 5.56 Å². The second-order valence-electron chi connectivity index (χ2n) is 5.15. The molecule has 0 aliphatic heterocycles. The zero-order valence-electron chi connectivity index (χ0n) is 13.6. The summed E-state index contributed by atoms with van der Waals surface area (Å²) in [6.45, 7) is 0. The number of carbonyl (C=O) groups is 1. The van der Waals surface area contributed by atoms with Crippen molar-refractivity contribution >= 4 is 23.4 Å². The van der Waals surface area contributed by atoms with Crippen LogP contribution < -0.4 is 10.1 Å². The van der Waals surface area contributed by atoms with Gasteiger partial charge in [-0.15, -0.1) is 10.2 Å². The number of nitrogens with one attached hydrogen (secondary N) is 1. The first-order valence-corrected chi connectivity index (χ1v) is 8.15. The molecule has 0 bridgehead atoms. The van der Waals surface area contributed by atoms with Gasteiger partial charge in [0.15, 0.2) is 5.16 Å². The van der Waals surface area contributed by atoms with E-state index in [1.54, 1.807) is 18.5 Å². The molecule has 128 valence electrons. The molecule has 3 rings (SSSR count). The Kier molecular flexibility index (Phi) is 4.99. The fourth-order valence-electron chi connectivity index (χ4n) is 2.13. The minimum Gasteiger partial charge on any atom is -0.496 e. The highest BCUT2D eigenvalue weighted by Crippen LogP contribution is 2.27. The molecule has 1 heterocycles. The van der Waals surface area contributed by atoms with Crippen molar-refractivity contribution in [3.05, 3.63) is 60.2 Å². The summed E-state index contributed by atoms with van der Waals surface area (Å²) in [7, 11) is 3.30. The molecule has 8 heteroatoms. The minimum absolute atomic E-state index is 0.139. The third kappa shape index (κ3) is 3.97. The molecule has 0 fully saturated rings. The van der Waals surface area contributed by atoms with Crippen molar-refractivity contribution in [2.75, 3.05) is 12.4 Å². The molecule has 1 aromatic heterocycles. The normalized spacial score (nSPS) is 10.5. The van der Waals surface area contributed by atoms with Crippen molar-refractivity contribution in [1.82, 2.24) is 14.8 Å². The van der Waals surface area contributed by atoms with Crippen molar-refractivity contribution < 1.29 is 13.9 Å². The number of aromatic nitrogens is 3. The quantitative estimate of drug-likeness (QED) is 0.757. The van der Waals surface area contributed by atoms with Gasteiger partial charge in [-0.1, -0.05) is 0 Å². The number of carbonyl (C=O) groups excluding carboxylic acids is 1. The summed E-state index contributed by atoms with van der Waals surface area (Å²) in [5, 5.41) is 11.3. The van der Waals surface area contributed by atoms with E-state index < -0.39 is 11.7 Å². The van der Waals surface area contributed by atoms with E-state index in [0.29, 0.717) is 11.4 Å². The van der Waals surface area contributed by atoms with Crippen LogP contribution in [-0.2, 0) is 7.05 Å². The minimum atomic E-state index is -0.499. The molecule has 0 radical (unpaired) electrons. The van der Waals surface area contributed by atoms with Gasteiger partial charge < -0.3 is 14.6 Å². The maximum absolute atomic E-state index is 13.4. The van der Waals surface area contributed by atoms with Crippen LogP contribution in [0.4, 0.5) is 10.1 Å². The lowest BCUT2D eigenvalue weighted by Gasteiger charge is -2.10. The van der Waals surface area contributed by atoms with Crippen molar-refractivity contribution in [2.45, 2.75) is 10.1 Å². The number of hydrogen-bond acceptors (Lipinski definition) is 5. The number of ether oxygens (including phenoxy) is 1. The number of hydrogen-bond donors (Lipinski definition) is 1. The highest BCUT2D eigenvalue weighted by atomic mass is 32.2. The predicted molar refractivity (Wildman–Crippen MR) is 92.5 cm³/mol. The van der Waals surface area contributed by atoms with E-state index in [1.165, 1.54) is 31.0 Å². The number of halogens is 1. The van der Waals surface area contributed by atoms with E-state index in [9.17, 15) is 9.18 Å². The highest BCUT2D eigenvalue weighted by molar-refractivity contribution is 7.99. The van der Waals surface area contributed by atoms with Gasteiger partial charge in [-0.05, 0) is 54.2 Å². The summed E-state index contributed by atoms with van der Waals surface area (Å²) in [6.07, 6.45) is 1.63. The standard InChI is InChI=1S/C17H15FN4O2S/c1-22-10-19-21-17(22)25-13-6-4-12(5-7-13)20-16(23)14-9-11(18)3-8-15(14)24-2/h3-10H,1-2H3,(H,20,23). The molecule has 3 aromatic rings. The summed E-state index contributed by atoms with van der Waals surface area (Å²) < 4.78 is 20.3. The Morgan fingerprint density at radius 3 is 2.64 bits per heavy atom. The lowest BCUT2D eigenvalue weighted by Crippen LogP contribution is -2.13. The van der Waals surface area contributed by atoms with Gasteiger partial charge in [0.25, 0.3) is 5.91 Å². The van der Waals surface area contributed by atoms with Gasteiger partial charge in [0.05, 0.1) is 12.7 Å². The maximum Gasteiger partial charge on any atom is 0.259 e. The molecule has 25 heavy (non-hydrogen) atoms. The van der Waals surface area contributed by atoms with Crippen molar-refractivity contribution in [3.8, 4) is 5.75 Å². The first kappa shape index (κ1) is 17.0. The predicted octanol–water partition coefficient (Wildman–Crippen LogP) is 3.37. The number of rotatable bonds is 5. The molecule has 1 N–H and O–H groups in total. The number of aryl methyl sites for hydroxylation is 1. The van der Waals surface area contributed by atoms with Crippen LogP contribution in [0.3, 0.4) is 0 Å². The van der Waals surface area contributed by atoms with E-state index in [1.807, 2.05) is 23.7 Å². The highest BCUT2D eigenvalue weighted by Gasteiger charge is 2.14. The van der Waals surface area contributed by atoms with Gasteiger partial charge in [-0.3, -0.25) is 4.79 Å². The maximum atomic E-state index is 13.4. The van der Waals surface area contributed by atoms with Crippen LogP contribution in [0, 0.1) is 5.82 Å². The van der Waals surface area contributed by atoms with Crippen LogP contribution in [0.1, 0.15) is 10.4 Å². The molecule has 6 nitrogen and oxygen atoms in total. The first-order chi connectivity index (χ1) is 12.1. The van der Waals surface area contributed by atoms with Crippen molar-refractivity contribution in [1.29, 1.82) is 0 Å². The molecule has 0 aliphatic carbocycles. The van der Waals surface area contributed by atoms with Crippen LogP contribution in [0.5, 0.6) is 5.75 Å². The molecule has 0 saturated heterocycles. The summed E-state index contributed by atoms with van der Waals surface area (Å²) >= 11 is 1.46. The summed E-state index contributed by atoms with van der Waals surface area (Å²) in [5.74, 6) is -0.625. The zero-order valence-corrected chi connectivity index (χ0v) is 14.4. The lowest BCUT2D eigenvalue weighted by atomic mass is 10.1. The zero-order chi connectivity index (χ0) is 17.8. The molecular weight excluding hydrogens is 343 g/mol. The Bertz CT molecular complexity index is 896. The third-order valence-corrected chi connectivity index (χ3v) is 4.46. The number of nitrogens with zero attached hydrogens (tertiary/aromatic N) is 3. The number of methoxy groups -OCH3 is 1. The van der Waals surface area contributed by atoms with Gasteiger partial charge >= 0.3 is 0 Å². The summed E-state index contributed by atoms with van der Waals surface area (Å²) in [6, 6.07) is 11.1. The topological polar surface area (TPSA) is 69.0 Å². The number of benzene rings is 2. The van der Waals surface area contributed by atoms with Crippen LogP contribution in [0.2, 0.25) is 0 Å². The van der Waals surface area contributed by atoms with Gasteiger partial charge in [0.1, 0.15) is 17.9 Å². The third-order valence-electron chi connectivity index (χ3n) is 3.40. The molecule has 2 aromatic carbocycles. The van der Waals surface area contributed by atoms with Gasteiger partial charge in [-0.25, -0.2) is 4.39 Å². The van der Waals surface area contributed by atoms with Crippen LogP contribution in [-0.4, -0.2) is 27.8 Å². The SMILES string of the molecule is COc1ccc(F)cc1C(=O)Nc1ccc(Sc2nncn2C)cc1. The molecule has 0 saturated carbocycles. The fourth-order valence-corrected chi connectivity index (χ4v) is 2.89. The van der Waals surface area contributed by atoms with Crippen LogP contribution in [0.15, 0.2) is 58.8 Å². The molecule has 0 atom stereocenters. The molecule has 0 spiro atoms. The van der Waals surface area contributed by atoms with Gasteiger partial charge in [0.2, 0.25) is 0 Å². The number of anilines is 1. The summed E-state index contributed by atoms with van der Waals surface area (Å²) in [5.41, 5.74) is 0.735. The average Bonchev–Trinajstić information content (AvgIpc) is 3.01. The smallest absolute Gasteiger partial charge is 0.259 e. The summed E-state index contributed by atoms with van der Waals surface area (Å²) in [4.78, 5) is 13.3. The van der Waals surface area contributed by atoms with Crippen molar-refractivity contribution in [3.63, 3.8) is 0 Å². The Morgan fingerprint density at radius 1 is 1.24 bits per heavy atom. The first-order valence-electron chi connectivity index (χ1n) is 7.33. The van der Waals surface area contributed by atoms with Crippen LogP contribution >= 0.6 is 11.8 Å². The molecule has 0 unspecified atom stereocenters. The lowest BCUT2D eigenvalue weighted by molar-refractivity contribution is 0.102. The Labute approximate surface area is 148 Å². The molecule has 0 aliphatic rings. The second kappa shape index (κ2) is 7.35. The second-order valence-corrected chi connectivity index (χ2v) is 6.19. The Hall–Kier alpha value is -2.87. The fraction of sp³-hybridized carbons (Fsp3) is 0.118. The monoisotopic (exact) mass is 358 g/mol. The van der Waals surface area contributed by atoms with E-state index >= 15 is 0 Å². The Balaban J connectivity index is 1.72.